The molecule has 0 bridgehead atoms. The Bertz CT molecular complexity index is 969. The van der Waals surface area contributed by atoms with Crippen LogP contribution in [-0.4, -0.2) is 38.8 Å². The topological polar surface area (TPSA) is 75.7 Å². The molecule has 1 N–H and O–H groups in total. The molecule has 0 aliphatic carbocycles. The van der Waals surface area contributed by atoms with Gasteiger partial charge in [-0.05, 0) is 35.8 Å². The largest absolute Gasteiger partial charge is 0.495 e. The number of sulfonamides is 1. The van der Waals surface area contributed by atoms with Crippen molar-refractivity contribution in [2.75, 3.05) is 25.5 Å². The highest BCUT2D eigenvalue weighted by molar-refractivity contribution is 7.89. The number of ether oxygens (including phenoxy) is 1. The van der Waals surface area contributed by atoms with Gasteiger partial charge in [0.15, 0.2) is 0 Å². The Labute approximate surface area is 159 Å². The Morgan fingerprint density at radius 2 is 1.89 bits per heavy atom. The fourth-order valence-electron chi connectivity index (χ4n) is 3.07. The van der Waals surface area contributed by atoms with Crippen molar-refractivity contribution in [2.45, 2.75) is 18.2 Å². The highest BCUT2D eigenvalue weighted by atomic mass is 32.2. The molecule has 1 amide bonds. The van der Waals surface area contributed by atoms with Gasteiger partial charge in [-0.2, -0.15) is 4.31 Å². The van der Waals surface area contributed by atoms with E-state index >= 15 is 0 Å². The Morgan fingerprint density at radius 3 is 2.48 bits per heavy atom. The number of rotatable bonds is 5. The first kappa shape index (κ1) is 19.1. The van der Waals surface area contributed by atoms with Crippen molar-refractivity contribution in [3.05, 3.63) is 60.2 Å². The molecule has 1 heterocycles. The molecular weight excluding hydrogens is 364 g/mol. The molecule has 0 aromatic heterocycles. The van der Waals surface area contributed by atoms with Crippen LogP contribution < -0.4 is 10.1 Å². The minimum atomic E-state index is -3.67. The van der Waals surface area contributed by atoms with E-state index in [0.717, 1.165) is 11.1 Å². The summed E-state index contributed by atoms with van der Waals surface area (Å²) in [5.41, 5.74) is 2.60. The maximum atomic E-state index is 13.0. The summed E-state index contributed by atoms with van der Waals surface area (Å²) < 4.78 is 32.7. The van der Waals surface area contributed by atoms with E-state index in [0.29, 0.717) is 30.9 Å². The molecule has 0 unspecified atom stereocenters. The lowest BCUT2D eigenvalue weighted by molar-refractivity contribution is -0.114. The fourth-order valence-corrected chi connectivity index (χ4v) is 4.47. The minimum absolute atomic E-state index is 0.128. The first-order valence-electron chi connectivity index (χ1n) is 8.62. The molecule has 27 heavy (non-hydrogen) atoms. The third-order valence-electron chi connectivity index (χ3n) is 4.44. The van der Waals surface area contributed by atoms with Crippen LogP contribution in [-0.2, 0) is 14.8 Å². The molecule has 0 fully saturated rings. The van der Waals surface area contributed by atoms with Crippen molar-refractivity contribution >= 4 is 27.2 Å². The number of carbonyl (C=O) groups excluding carboxylic acids is 1. The molecule has 7 heteroatoms. The molecule has 0 spiro atoms. The Morgan fingerprint density at radius 1 is 1.15 bits per heavy atom. The Hall–Kier alpha value is -2.64. The van der Waals surface area contributed by atoms with E-state index in [1.54, 1.807) is 6.07 Å². The Balaban J connectivity index is 1.85. The number of benzene rings is 2. The van der Waals surface area contributed by atoms with Crippen LogP contribution in [0.4, 0.5) is 5.69 Å². The number of carbonyl (C=O) groups is 1. The standard InChI is InChI=1S/C20H22N2O4S/c1-15(23)21-19-14-18(8-9-20(19)26-2)27(24,25)22-12-10-17(11-13-22)16-6-4-3-5-7-16/h3-10,14H,11-13H2,1-2H3,(H,21,23). The van der Waals surface area contributed by atoms with E-state index in [4.69, 9.17) is 4.74 Å². The minimum Gasteiger partial charge on any atom is -0.495 e. The number of hydrogen-bond acceptors (Lipinski definition) is 4. The highest BCUT2D eigenvalue weighted by Crippen LogP contribution is 2.31. The normalized spacial score (nSPS) is 15.1. The van der Waals surface area contributed by atoms with E-state index in [9.17, 15) is 13.2 Å². The van der Waals surface area contributed by atoms with E-state index in [1.807, 2.05) is 36.4 Å². The van der Waals surface area contributed by atoms with Crippen molar-refractivity contribution in [1.82, 2.24) is 4.31 Å². The molecule has 2 aromatic rings. The van der Waals surface area contributed by atoms with E-state index in [1.165, 1.54) is 30.5 Å². The molecule has 3 rings (SSSR count). The molecule has 0 saturated carbocycles. The summed E-state index contributed by atoms with van der Waals surface area (Å²) >= 11 is 0. The summed E-state index contributed by atoms with van der Waals surface area (Å²) in [5.74, 6) is 0.116. The summed E-state index contributed by atoms with van der Waals surface area (Å²) in [6.07, 6.45) is 2.60. The zero-order valence-electron chi connectivity index (χ0n) is 15.3. The molecule has 1 aliphatic heterocycles. The van der Waals surface area contributed by atoms with Gasteiger partial charge in [0.05, 0.1) is 17.7 Å². The lowest BCUT2D eigenvalue weighted by Gasteiger charge is -2.26. The third kappa shape index (κ3) is 4.20. The number of hydrogen-bond donors (Lipinski definition) is 1. The Kier molecular flexibility index (Phi) is 5.62. The predicted molar refractivity (Wildman–Crippen MR) is 105 cm³/mol. The SMILES string of the molecule is COc1ccc(S(=O)(=O)N2CC=C(c3ccccc3)CC2)cc1NC(C)=O. The summed E-state index contributed by atoms with van der Waals surface area (Å²) in [7, 11) is -2.20. The zero-order valence-corrected chi connectivity index (χ0v) is 16.1. The molecular formula is C20H22N2O4S. The van der Waals surface area contributed by atoms with Crippen LogP contribution in [0.25, 0.3) is 5.57 Å². The maximum Gasteiger partial charge on any atom is 0.243 e. The van der Waals surface area contributed by atoms with Crippen LogP contribution >= 0.6 is 0 Å². The van der Waals surface area contributed by atoms with Crippen LogP contribution in [0.2, 0.25) is 0 Å². The molecule has 1 aliphatic rings. The molecule has 0 atom stereocenters. The predicted octanol–water partition coefficient (Wildman–Crippen LogP) is 3.13. The van der Waals surface area contributed by atoms with Crippen molar-refractivity contribution < 1.29 is 17.9 Å². The number of anilines is 1. The summed E-state index contributed by atoms with van der Waals surface area (Å²) in [4.78, 5) is 11.5. The second-order valence-electron chi connectivity index (χ2n) is 6.25. The molecule has 2 aromatic carbocycles. The number of nitrogens with zero attached hydrogens (tertiary/aromatic N) is 1. The lowest BCUT2D eigenvalue weighted by Crippen LogP contribution is -2.34. The van der Waals surface area contributed by atoms with Gasteiger partial charge in [-0.3, -0.25) is 4.79 Å². The van der Waals surface area contributed by atoms with Gasteiger partial charge in [-0.25, -0.2) is 8.42 Å². The van der Waals surface area contributed by atoms with Gasteiger partial charge in [-0.15, -0.1) is 0 Å². The van der Waals surface area contributed by atoms with Gasteiger partial charge in [0.25, 0.3) is 0 Å². The van der Waals surface area contributed by atoms with Crippen molar-refractivity contribution in [1.29, 1.82) is 0 Å². The van der Waals surface area contributed by atoms with Gasteiger partial charge >= 0.3 is 0 Å². The number of amides is 1. The van der Waals surface area contributed by atoms with Gasteiger partial charge in [0, 0.05) is 20.0 Å². The van der Waals surface area contributed by atoms with Crippen LogP contribution in [0.3, 0.4) is 0 Å². The number of methoxy groups -OCH3 is 1. The van der Waals surface area contributed by atoms with Crippen LogP contribution in [0.5, 0.6) is 5.75 Å². The third-order valence-corrected chi connectivity index (χ3v) is 6.30. The van der Waals surface area contributed by atoms with Gasteiger partial charge in [0.1, 0.15) is 5.75 Å². The van der Waals surface area contributed by atoms with E-state index in [2.05, 4.69) is 5.32 Å². The first-order chi connectivity index (χ1) is 12.9. The van der Waals surface area contributed by atoms with Crippen molar-refractivity contribution in [3.8, 4) is 5.75 Å². The molecule has 142 valence electrons. The summed E-state index contributed by atoms with van der Waals surface area (Å²) in [6.45, 7) is 2.08. The number of nitrogens with one attached hydrogen (secondary N) is 1. The van der Waals surface area contributed by atoms with Crippen LogP contribution in [0, 0.1) is 0 Å². The first-order valence-corrected chi connectivity index (χ1v) is 10.1. The monoisotopic (exact) mass is 386 g/mol. The maximum absolute atomic E-state index is 13.0. The van der Waals surface area contributed by atoms with Gasteiger partial charge in [-0.1, -0.05) is 36.4 Å². The smallest absolute Gasteiger partial charge is 0.243 e. The average Bonchev–Trinajstić information content (AvgIpc) is 2.68. The van der Waals surface area contributed by atoms with Gasteiger partial charge in [0.2, 0.25) is 15.9 Å². The second kappa shape index (κ2) is 7.94. The van der Waals surface area contributed by atoms with Crippen molar-refractivity contribution in [2.24, 2.45) is 0 Å². The molecule has 0 radical (unpaired) electrons. The lowest BCUT2D eigenvalue weighted by atomic mass is 10.0. The highest BCUT2D eigenvalue weighted by Gasteiger charge is 2.27. The average molecular weight is 386 g/mol. The van der Waals surface area contributed by atoms with E-state index < -0.39 is 10.0 Å². The molecule has 0 saturated heterocycles. The van der Waals surface area contributed by atoms with Crippen LogP contribution in [0.1, 0.15) is 18.9 Å². The van der Waals surface area contributed by atoms with Gasteiger partial charge < -0.3 is 10.1 Å². The quantitative estimate of drug-likeness (QED) is 0.857. The second-order valence-corrected chi connectivity index (χ2v) is 8.19. The summed E-state index contributed by atoms with van der Waals surface area (Å²) in [5, 5.41) is 2.61. The molecule has 6 nitrogen and oxygen atoms in total. The summed E-state index contributed by atoms with van der Waals surface area (Å²) in [6, 6.07) is 14.4. The fraction of sp³-hybridized carbons (Fsp3) is 0.250. The van der Waals surface area contributed by atoms with E-state index in [-0.39, 0.29) is 10.8 Å². The zero-order chi connectivity index (χ0) is 19.4. The van der Waals surface area contributed by atoms with Crippen LogP contribution in [0.15, 0.2) is 59.5 Å². The van der Waals surface area contributed by atoms with Crippen molar-refractivity contribution in [3.63, 3.8) is 0 Å².